The average Bonchev–Trinajstić information content (AvgIpc) is 3.18. The Morgan fingerprint density at radius 3 is 2.59 bits per heavy atom. The summed E-state index contributed by atoms with van der Waals surface area (Å²) in [6, 6.07) is 26.6. The van der Waals surface area contributed by atoms with Gasteiger partial charge in [-0.3, -0.25) is 10.1 Å². The topological polar surface area (TPSA) is 71.9 Å². The van der Waals surface area contributed by atoms with Crippen LogP contribution in [0.3, 0.4) is 0 Å². The predicted octanol–water partition coefficient (Wildman–Crippen LogP) is 5.66. The van der Waals surface area contributed by atoms with Gasteiger partial charge in [-0.15, -0.1) is 0 Å². The van der Waals surface area contributed by atoms with Crippen molar-refractivity contribution in [3.05, 3.63) is 112 Å². The molecule has 29 heavy (non-hydrogen) atoms. The van der Waals surface area contributed by atoms with Crippen LogP contribution in [0.15, 0.2) is 85.1 Å². The Hall–Kier alpha value is -4.17. The zero-order valence-corrected chi connectivity index (χ0v) is 15.5. The third-order valence-corrected chi connectivity index (χ3v) is 4.89. The molecule has 0 aliphatic carbocycles. The largest absolute Gasteiger partial charge is 0.343 e. The standard InChI is InChI=1S/C24H17N3O2/c25-16-20(23-12-5-9-18-7-1-3-11-22(18)23)15-21-10-6-14-26(21)17-19-8-2-4-13-24(19)27(28)29/h1-15H,17H2/b20-15-. The zero-order chi connectivity index (χ0) is 20.2. The monoisotopic (exact) mass is 379 g/mol. The third-order valence-electron chi connectivity index (χ3n) is 4.89. The van der Waals surface area contributed by atoms with Gasteiger partial charge in [0.1, 0.15) is 0 Å². The van der Waals surface area contributed by atoms with E-state index in [-0.39, 0.29) is 10.6 Å². The number of hydrogen-bond acceptors (Lipinski definition) is 3. The summed E-state index contributed by atoms with van der Waals surface area (Å²) in [5, 5.41) is 23.2. The van der Waals surface area contributed by atoms with Crippen LogP contribution in [-0.2, 0) is 6.54 Å². The van der Waals surface area contributed by atoms with E-state index in [0.717, 1.165) is 22.0 Å². The van der Waals surface area contributed by atoms with E-state index in [2.05, 4.69) is 6.07 Å². The van der Waals surface area contributed by atoms with E-state index in [0.29, 0.717) is 17.7 Å². The molecule has 4 aromatic rings. The van der Waals surface area contributed by atoms with Gasteiger partial charge in [0.05, 0.1) is 23.1 Å². The van der Waals surface area contributed by atoms with Gasteiger partial charge in [-0.25, -0.2) is 0 Å². The summed E-state index contributed by atoms with van der Waals surface area (Å²) in [6.45, 7) is 0.351. The van der Waals surface area contributed by atoms with Crippen molar-refractivity contribution in [2.75, 3.05) is 0 Å². The lowest BCUT2D eigenvalue weighted by atomic mass is 9.98. The molecule has 0 amide bonds. The first-order valence-electron chi connectivity index (χ1n) is 9.15. The number of nitro groups is 1. The Labute approximate surface area is 167 Å². The predicted molar refractivity (Wildman–Crippen MR) is 114 cm³/mol. The highest BCUT2D eigenvalue weighted by Crippen LogP contribution is 2.27. The number of allylic oxidation sites excluding steroid dienone is 1. The first-order chi connectivity index (χ1) is 14.2. The van der Waals surface area contributed by atoms with Gasteiger partial charge < -0.3 is 4.57 Å². The molecule has 0 radical (unpaired) electrons. The second-order valence-corrected chi connectivity index (χ2v) is 6.64. The molecule has 5 heteroatoms. The quantitative estimate of drug-likeness (QED) is 0.255. The minimum Gasteiger partial charge on any atom is -0.343 e. The van der Waals surface area contributed by atoms with Gasteiger partial charge in [0.25, 0.3) is 5.69 Å². The highest BCUT2D eigenvalue weighted by atomic mass is 16.6. The summed E-state index contributed by atoms with van der Waals surface area (Å²) in [7, 11) is 0. The molecular formula is C24H17N3O2. The number of fused-ring (bicyclic) bond motifs is 1. The van der Waals surface area contributed by atoms with Gasteiger partial charge in [-0.2, -0.15) is 5.26 Å². The molecule has 140 valence electrons. The third kappa shape index (κ3) is 3.64. The molecule has 0 spiro atoms. The van der Waals surface area contributed by atoms with E-state index in [4.69, 9.17) is 0 Å². The molecular weight excluding hydrogens is 362 g/mol. The van der Waals surface area contributed by atoms with Gasteiger partial charge in [-0.05, 0) is 29.0 Å². The smallest absolute Gasteiger partial charge is 0.274 e. The van der Waals surface area contributed by atoms with Crippen LogP contribution < -0.4 is 0 Å². The van der Waals surface area contributed by atoms with Crippen molar-refractivity contribution in [1.82, 2.24) is 4.57 Å². The van der Waals surface area contributed by atoms with E-state index >= 15 is 0 Å². The van der Waals surface area contributed by atoms with E-state index in [9.17, 15) is 15.4 Å². The van der Waals surface area contributed by atoms with Gasteiger partial charge in [0, 0.05) is 29.1 Å². The molecule has 0 bridgehead atoms. The first-order valence-corrected chi connectivity index (χ1v) is 9.15. The van der Waals surface area contributed by atoms with E-state index < -0.39 is 0 Å². The second kappa shape index (κ2) is 7.83. The Morgan fingerprint density at radius 2 is 1.76 bits per heavy atom. The number of benzene rings is 3. The molecule has 0 N–H and O–H groups in total. The van der Waals surface area contributed by atoms with Crippen molar-refractivity contribution >= 4 is 28.1 Å². The zero-order valence-electron chi connectivity index (χ0n) is 15.5. The number of aromatic nitrogens is 1. The molecule has 4 rings (SSSR count). The van der Waals surface area contributed by atoms with Crippen molar-refractivity contribution < 1.29 is 4.92 Å². The lowest BCUT2D eigenvalue weighted by molar-refractivity contribution is -0.385. The Morgan fingerprint density at radius 1 is 1.00 bits per heavy atom. The molecule has 0 unspecified atom stereocenters. The van der Waals surface area contributed by atoms with Gasteiger partial charge in [0.15, 0.2) is 0 Å². The van der Waals surface area contributed by atoms with Crippen molar-refractivity contribution in [2.45, 2.75) is 6.54 Å². The fourth-order valence-corrected chi connectivity index (χ4v) is 3.49. The molecule has 0 aliphatic heterocycles. The molecule has 3 aromatic carbocycles. The SMILES string of the molecule is N#C/C(=C/c1cccn1Cc1ccccc1[N+](=O)[O-])c1cccc2ccccc12. The Bertz CT molecular complexity index is 1270. The number of rotatable bonds is 5. The lowest BCUT2D eigenvalue weighted by Crippen LogP contribution is -2.03. The maximum Gasteiger partial charge on any atom is 0.274 e. The highest BCUT2D eigenvalue weighted by molar-refractivity contribution is 6.01. The summed E-state index contributed by atoms with van der Waals surface area (Å²) < 4.78 is 1.91. The summed E-state index contributed by atoms with van der Waals surface area (Å²) in [6.07, 6.45) is 3.69. The number of hydrogen-bond donors (Lipinski definition) is 0. The summed E-state index contributed by atoms with van der Waals surface area (Å²) in [5.41, 5.74) is 2.93. The maximum atomic E-state index is 11.3. The first kappa shape index (κ1) is 18.2. The van der Waals surface area contributed by atoms with Crippen molar-refractivity contribution in [3.8, 4) is 6.07 Å². The van der Waals surface area contributed by atoms with Crippen molar-refractivity contribution in [2.24, 2.45) is 0 Å². The minimum absolute atomic E-state index is 0.0886. The summed E-state index contributed by atoms with van der Waals surface area (Å²) in [4.78, 5) is 10.9. The van der Waals surface area contributed by atoms with E-state index in [1.54, 1.807) is 18.2 Å². The average molecular weight is 379 g/mol. The van der Waals surface area contributed by atoms with E-state index in [1.807, 2.05) is 71.4 Å². The Balaban J connectivity index is 1.75. The summed E-state index contributed by atoms with van der Waals surface area (Å²) in [5.74, 6) is 0. The van der Waals surface area contributed by atoms with Crippen LogP contribution in [-0.4, -0.2) is 9.49 Å². The van der Waals surface area contributed by atoms with Crippen LogP contribution in [0.5, 0.6) is 0 Å². The van der Waals surface area contributed by atoms with Crippen LogP contribution >= 0.6 is 0 Å². The molecule has 5 nitrogen and oxygen atoms in total. The molecule has 1 heterocycles. The highest BCUT2D eigenvalue weighted by Gasteiger charge is 2.14. The van der Waals surface area contributed by atoms with Crippen LogP contribution in [0.25, 0.3) is 22.4 Å². The van der Waals surface area contributed by atoms with Crippen molar-refractivity contribution in [1.29, 1.82) is 5.26 Å². The molecule has 0 aliphatic rings. The van der Waals surface area contributed by atoms with E-state index in [1.165, 1.54) is 6.07 Å². The number of nitriles is 1. The van der Waals surface area contributed by atoms with Gasteiger partial charge >= 0.3 is 0 Å². The minimum atomic E-state index is -0.370. The number of para-hydroxylation sites is 1. The van der Waals surface area contributed by atoms with Crippen LogP contribution in [0, 0.1) is 21.4 Å². The fourth-order valence-electron chi connectivity index (χ4n) is 3.49. The molecule has 0 saturated heterocycles. The van der Waals surface area contributed by atoms with Crippen LogP contribution in [0.2, 0.25) is 0 Å². The molecule has 0 saturated carbocycles. The van der Waals surface area contributed by atoms with Gasteiger partial charge in [0.2, 0.25) is 0 Å². The normalized spacial score (nSPS) is 11.3. The Kier molecular flexibility index (Phi) is 4.91. The number of nitro benzene ring substituents is 1. The summed E-state index contributed by atoms with van der Waals surface area (Å²) >= 11 is 0. The molecule has 0 atom stereocenters. The molecule has 1 aromatic heterocycles. The lowest BCUT2D eigenvalue weighted by Gasteiger charge is -2.09. The molecule has 0 fully saturated rings. The number of nitrogens with zero attached hydrogens (tertiary/aromatic N) is 3. The van der Waals surface area contributed by atoms with Crippen LogP contribution in [0.4, 0.5) is 5.69 Å². The second-order valence-electron chi connectivity index (χ2n) is 6.64. The van der Waals surface area contributed by atoms with Gasteiger partial charge in [-0.1, -0.05) is 60.7 Å². The maximum absolute atomic E-state index is 11.3. The fraction of sp³-hybridized carbons (Fsp3) is 0.0417. The van der Waals surface area contributed by atoms with Crippen LogP contribution in [0.1, 0.15) is 16.8 Å². The van der Waals surface area contributed by atoms with Crippen molar-refractivity contribution in [3.63, 3.8) is 0 Å².